The first-order chi connectivity index (χ1) is 20.8. The number of para-hydroxylation sites is 1. The van der Waals surface area contributed by atoms with Gasteiger partial charge in [-0.2, -0.15) is 4.98 Å². The van der Waals surface area contributed by atoms with Crippen molar-refractivity contribution in [1.82, 2.24) is 4.98 Å². The molecule has 8 aromatic rings. The number of furan rings is 1. The number of hydrogen-bond donors (Lipinski definition) is 0. The number of rotatable bonds is 5. The molecule has 0 N–H and O–H groups in total. The molecule has 0 bridgehead atoms. The third-order valence-electron chi connectivity index (χ3n) is 7.91. The molecular weight excluding hydrogens is 512 g/mol. The van der Waals surface area contributed by atoms with Gasteiger partial charge in [-0.15, -0.1) is 0 Å². The van der Waals surface area contributed by atoms with E-state index in [0.717, 1.165) is 55.4 Å². The van der Waals surface area contributed by atoms with Crippen molar-refractivity contribution in [3.8, 4) is 22.3 Å². The van der Waals surface area contributed by atoms with E-state index < -0.39 is 0 Å². The topological polar surface area (TPSA) is 29.3 Å². The van der Waals surface area contributed by atoms with Gasteiger partial charge >= 0.3 is 0 Å². The normalized spacial score (nSPS) is 11.3. The first-order valence-corrected chi connectivity index (χ1v) is 14.1. The molecule has 0 saturated heterocycles. The molecule has 0 aliphatic carbocycles. The third kappa shape index (κ3) is 4.11. The average Bonchev–Trinajstić information content (AvgIpc) is 3.45. The van der Waals surface area contributed by atoms with E-state index >= 15 is 0 Å². The molecule has 0 unspecified atom stereocenters. The van der Waals surface area contributed by atoms with E-state index in [0.29, 0.717) is 5.71 Å². The number of anilines is 3. The Morgan fingerprint density at radius 2 is 1.10 bits per heavy atom. The maximum atomic E-state index is 6.48. The van der Waals surface area contributed by atoms with Gasteiger partial charge in [-0.1, -0.05) is 121 Å². The summed E-state index contributed by atoms with van der Waals surface area (Å²) in [6.45, 7) is 0. The molecule has 0 amide bonds. The van der Waals surface area contributed by atoms with Crippen LogP contribution in [0.15, 0.2) is 162 Å². The Kier molecular flexibility index (Phi) is 5.79. The van der Waals surface area contributed by atoms with Gasteiger partial charge in [-0.05, 0) is 58.5 Å². The minimum atomic E-state index is 0.627. The summed E-state index contributed by atoms with van der Waals surface area (Å²) in [6.07, 6.45) is 0. The summed E-state index contributed by atoms with van der Waals surface area (Å²) in [4.78, 5) is 7.37. The summed E-state index contributed by atoms with van der Waals surface area (Å²) < 4.78 is 6.48. The molecule has 0 saturated carbocycles. The van der Waals surface area contributed by atoms with Gasteiger partial charge < -0.3 is 4.42 Å². The molecule has 0 atom stereocenters. The van der Waals surface area contributed by atoms with Gasteiger partial charge in [0, 0.05) is 27.4 Å². The summed E-state index contributed by atoms with van der Waals surface area (Å²) in [6, 6.07) is 55.0. The fraction of sp³-hybridized carbons (Fsp3) is 0. The first-order valence-electron chi connectivity index (χ1n) is 14.1. The molecule has 3 nitrogen and oxygen atoms in total. The lowest BCUT2D eigenvalue weighted by molar-refractivity contribution is 0.658. The number of benzene rings is 6. The molecule has 2 heterocycles. The van der Waals surface area contributed by atoms with Crippen LogP contribution in [0.3, 0.4) is 0 Å². The molecule has 198 valence electrons. The predicted octanol–water partition coefficient (Wildman–Crippen LogP) is 10.9. The lowest BCUT2D eigenvalue weighted by atomic mass is 10.0. The van der Waals surface area contributed by atoms with Crippen LogP contribution in [0.5, 0.6) is 0 Å². The second-order valence-electron chi connectivity index (χ2n) is 10.4. The quantitative estimate of drug-likeness (QED) is 0.218. The molecule has 42 heavy (non-hydrogen) atoms. The summed E-state index contributed by atoms with van der Waals surface area (Å²) in [5.74, 6) is 0.793. The number of nitrogens with zero attached hydrogens (tertiary/aromatic N) is 2. The number of hydrogen-bond acceptors (Lipinski definition) is 3. The maximum absolute atomic E-state index is 6.48. The number of fused-ring (bicyclic) bond motifs is 5. The lowest BCUT2D eigenvalue weighted by Gasteiger charge is -2.27. The molecule has 6 aromatic carbocycles. The highest BCUT2D eigenvalue weighted by molar-refractivity contribution is 6.14. The Morgan fingerprint density at radius 1 is 0.452 bits per heavy atom. The molecule has 0 radical (unpaired) electrons. The molecule has 0 spiro atoms. The van der Waals surface area contributed by atoms with Gasteiger partial charge in [-0.25, -0.2) is 0 Å². The van der Waals surface area contributed by atoms with Crippen LogP contribution in [0.25, 0.3) is 55.1 Å². The van der Waals surface area contributed by atoms with Crippen molar-refractivity contribution in [2.24, 2.45) is 0 Å². The summed E-state index contributed by atoms with van der Waals surface area (Å²) in [7, 11) is 0. The van der Waals surface area contributed by atoms with Crippen LogP contribution >= 0.6 is 0 Å². The minimum absolute atomic E-state index is 0.627. The first kappa shape index (κ1) is 24.2. The lowest BCUT2D eigenvalue weighted by Crippen LogP contribution is -2.12. The van der Waals surface area contributed by atoms with Crippen LogP contribution in [0, 0.1) is 0 Å². The molecule has 0 fully saturated rings. The number of aromatic nitrogens is 1. The second kappa shape index (κ2) is 10.1. The van der Waals surface area contributed by atoms with Crippen molar-refractivity contribution in [3.63, 3.8) is 0 Å². The third-order valence-corrected chi connectivity index (χ3v) is 7.91. The zero-order valence-corrected chi connectivity index (χ0v) is 22.8. The van der Waals surface area contributed by atoms with Gasteiger partial charge in [0.25, 0.3) is 0 Å². The van der Waals surface area contributed by atoms with Crippen molar-refractivity contribution < 1.29 is 4.42 Å². The predicted molar refractivity (Wildman–Crippen MR) is 175 cm³/mol. The van der Waals surface area contributed by atoms with E-state index in [9.17, 15) is 0 Å². The smallest absolute Gasteiger partial charge is 0.229 e. The van der Waals surface area contributed by atoms with E-state index in [2.05, 4.69) is 150 Å². The van der Waals surface area contributed by atoms with Gasteiger partial charge in [0.05, 0.1) is 5.69 Å². The largest absolute Gasteiger partial charge is 0.437 e. The average molecular weight is 539 g/mol. The highest BCUT2D eigenvalue weighted by Gasteiger charge is 2.20. The Labute approximate surface area is 243 Å². The second-order valence-corrected chi connectivity index (χ2v) is 10.4. The molecule has 0 aliphatic rings. The van der Waals surface area contributed by atoms with E-state index in [1.165, 1.54) is 11.1 Å². The minimum Gasteiger partial charge on any atom is -0.437 e. The van der Waals surface area contributed by atoms with Crippen LogP contribution < -0.4 is 4.90 Å². The molecular formula is C39H26N2O. The fourth-order valence-electron chi connectivity index (χ4n) is 5.86. The maximum Gasteiger partial charge on any atom is 0.229 e. The molecule has 2 aromatic heterocycles. The van der Waals surface area contributed by atoms with Crippen molar-refractivity contribution in [2.75, 3.05) is 4.90 Å². The Bertz CT molecular complexity index is 2180. The van der Waals surface area contributed by atoms with E-state index in [4.69, 9.17) is 9.40 Å². The molecule has 3 heteroatoms. The Morgan fingerprint density at radius 3 is 1.90 bits per heavy atom. The summed E-state index contributed by atoms with van der Waals surface area (Å²) >= 11 is 0. The van der Waals surface area contributed by atoms with E-state index in [1.807, 2.05) is 12.1 Å². The summed E-state index contributed by atoms with van der Waals surface area (Å²) in [5.41, 5.74) is 8.20. The summed E-state index contributed by atoms with van der Waals surface area (Å²) in [5, 5.41) is 4.33. The van der Waals surface area contributed by atoms with Crippen LogP contribution in [-0.4, -0.2) is 4.98 Å². The molecule has 8 rings (SSSR count). The monoisotopic (exact) mass is 538 g/mol. The van der Waals surface area contributed by atoms with Crippen LogP contribution in [0.1, 0.15) is 0 Å². The zero-order chi connectivity index (χ0) is 27.9. The van der Waals surface area contributed by atoms with E-state index in [-0.39, 0.29) is 0 Å². The van der Waals surface area contributed by atoms with Crippen molar-refractivity contribution in [2.45, 2.75) is 0 Å². The number of pyridine rings is 1. The van der Waals surface area contributed by atoms with Gasteiger partial charge in [0.2, 0.25) is 5.71 Å². The van der Waals surface area contributed by atoms with Crippen LogP contribution in [0.4, 0.5) is 17.2 Å². The van der Waals surface area contributed by atoms with Crippen molar-refractivity contribution >= 4 is 50.0 Å². The van der Waals surface area contributed by atoms with Gasteiger partial charge in [-0.3, -0.25) is 4.90 Å². The highest BCUT2D eigenvalue weighted by atomic mass is 16.3. The SMILES string of the molecule is c1ccc(-c2ccc(N(c3ccc4c(n3)oc3c5ccccc5ccc43)c3ccccc3-c3ccccc3)cc2)cc1. The van der Waals surface area contributed by atoms with Crippen LogP contribution in [0.2, 0.25) is 0 Å². The molecule has 0 aliphatic heterocycles. The van der Waals surface area contributed by atoms with Crippen molar-refractivity contribution in [3.05, 3.63) is 158 Å². The van der Waals surface area contributed by atoms with Crippen molar-refractivity contribution in [1.29, 1.82) is 0 Å². The van der Waals surface area contributed by atoms with Crippen LogP contribution in [-0.2, 0) is 0 Å². The van der Waals surface area contributed by atoms with Gasteiger partial charge in [0.1, 0.15) is 11.4 Å². The fourth-order valence-corrected chi connectivity index (χ4v) is 5.86. The zero-order valence-electron chi connectivity index (χ0n) is 22.8. The standard InChI is InChI=1S/C39H26N2O/c1-3-11-27(12-4-1)28-19-22-31(23-20-28)41(36-18-10-9-16-32(36)29-13-5-2-6-14-29)37-26-25-35-34-24-21-30-15-7-8-17-33(30)38(34)42-39(35)40-37/h1-26H. The Balaban J connectivity index is 1.33. The highest BCUT2D eigenvalue weighted by Crippen LogP contribution is 2.42. The van der Waals surface area contributed by atoms with E-state index in [1.54, 1.807) is 0 Å². The Hall–Kier alpha value is -5.67. The van der Waals surface area contributed by atoms with Gasteiger partial charge in [0.15, 0.2) is 0 Å².